The molecule has 3 heteroatoms. The Kier molecular flexibility index (Phi) is 6.13. The van der Waals surface area contributed by atoms with Gasteiger partial charge in [0, 0.05) is 6.54 Å². The largest absolute Gasteiger partial charge is 0.326 e. The van der Waals surface area contributed by atoms with Gasteiger partial charge >= 0.3 is 0 Å². The Morgan fingerprint density at radius 3 is 2.28 bits per heavy atom. The van der Waals surface area contributed by atoms with Crippen LogP contribution in [0.2, 0.25) is 0 Å². The molecule has 1 aliphatic rings. The van der Waals surface area contributed by atoms with Gasteiger partial charge in [0.25, 0.3) is 0 Å². The summed E-state index contributed by atoms with van der Waals surface area (Å²) in [5.41, 5.74) is 0. The summed E-state index contributed by atoms with van der Waals surface area (Å²) in [4.78, 5) is 14.5. The van der Waals surface area contributed by atoms with Crippen molar-refractivity contribution in [2.24, 2.45) is 11.8 Å². The molecule has 1 rings (SSSR count). The molecule has 2 unspecified atom stereocenters. The first kappa shape index (κ1) is 15.5. The molecular formula is C15H30N2O. The minimum absolute atomic E-state index is 0.0469. The first-order chi connectivity index (χ1) is 8.45. The Hall–Kier alpha value is -0.570. The van der Waals surface area contributed by atoms with E-state index in [4.69, 9.17) is 0 Å². The predicted molar refractivity (Wildman–Crippen MR) is 76.2 cm³/mol. The minimum Gasteiger partial charge on any atom is -0.326 e. The fraction of sp³-hybridized carbons (Fsp3) is 0.933. The molecule has 1 amide bonds. The molecule has 0 aliphatic carbocycles. The second kappa shape index (κ2) is 7.13. The number of nitrogens with one attached hydrogen (secondary N) is 1. The summed E-state index contributed by atoms with van der Waals surface area (Å²) in [6, 6.07) is 0.0469. The molecule has 0 aromatic carbocycles. The standard InChI is InChI=1S/C15H30N2O/c1-6-7-8-17-14(10-12(4)5)16-13(15(17)18)9-11(2)3/h11-14,16H,6-10H2,1-5H3. The van der Waals surface area contributed by atoms with Crippen LogP contribution in [0.5, 0.6) is 0 Å². The summed E-state index contributed by atoms with van der Waals surface area (Å²) < 4.78 is 0. The van der Waals surface area contributed by atoms with Gasteiger partial charge in [-0.2, -0.15) is 0 Å². The van der Waals surface area contributed by atoms with Crippen molar-refractivity contribution in [2.75, 3.05) is 6.54 Å². The first-order valence-corrected chi connectivity index (χ1v) is 7.52. The van der Waals surface area contributed by atoms with Crippen molar-refractivity contribution in [1.29, 1.82) is 0 Å². The van der Waals surface area contributed by atoms with Crippen LogP contribution >= 0.6 is 0 Å². The summed E-state index contributed by atoms with van der Waals surface area (Å²) in [5.74, 6) is 1.51. The van der Waals surface area contributed by atoms with E-state index in [1.165, 1.54) is 0 Å². The minimum atomic E-state index is 0.0469. The zero-order valence-electron chi connectivity index (χ0n) is 12.7. The normalized spacial score (nSPS) is 24.6. The SMILES string of the molecule is CCCCN1C(=O)C(CC(C)C)NC1CC(C)C. The predicted octanol–water partition coefficient (Wildman–Crippen LogP) is 3.01. The molecule has 1 N–H and O–H groups in total. The molecule has 0 spiro atoms. The van der Waals surface area contributed by atoms with Crippen LogP contribution in [0, 0.1) is 11.8 Å². The lowest BCUT2D eigenvalue weighted by Gasteiger charge is -2.25. The maximum Gasteiger partial charge on any atom is 0.241 e. The molecule has 1 fully saturated rings. The Morgan fingerprint density at radius 2 is 1.78 bits per heavy atom. The highest BCUT2D eigenvalue weighted by atomic mass is 16.2. The Morgan fingerprint density at radius 1 is 1.17 bits per heavy atom. The molecule has 0 aromatic rings. The van der Waals surface area contributed by atoms with E-state index < -0.39 is 0 Å². The molecule has 1 heterocycles. The molecular weight excluding hydrogens is 224 g/mol. The summed E-state index contributed by atoms with van der Waals surface area (Å²) in [6.07, 6.45) is 4.52. The smallest absolute Gasteiger partial charge is 0.241 e. The highest BCUT2D eigenvalue weighted by Gasteiger charge is 2.38. The molecule has 0 bridgehead atoms. The average Bonchev–Trinajstić information content (AvgIpc) is 2.51. The fourth-order valence-electron chi connectivity index (χ4n) is 2.62. The van der Waals surface area contributed by atoms with Gasteiger partial charge in [-0.05, 0) is 31.1 Å². The van der Waals surface area contributed by atoms with Crippen molar-refractivity contribution in [3.63, 3.8) is 0 Å². The van der Waals surface area contributed by atoms with Crippen LogP contribution in [0.3, 0.4) is 0 Å². The molecule has 18 heavy (non-hydrogen) atoms. The van der Waals surface area contributed by atoms with Crippen molar-refractivity contribution in [2.45, 2.75) is 72.5 Å². The van der Waals surface area contributed by atoms with Gasteiger partial charge in [0.2, 0.25) is 5.91 Å². The van der Waals surface area contributed by atoms with Crippen LogP contribution in [0.1, 0.15) is 60.3 Å². The van der Waals surface area contributed by atoms with Crippen LogP contribution in [0.25, 0.3) is 0 Å². The van der Waals surface area contributed by atoms with Gasteiger partial charge < -0.3 is 4.90 Å². The van der Waals surface area contributed by atoms with Crippen molar-refractivity contribution in [3.05, 3.63) is 0 Å². The Labute approximate surface area is 112 Å². The second-order valence-electron chi connectivity index (χ2n) is 6.38. The zero-order chi connectivity index (χ0) is 13.7. The summed E-state index contributed by atoms with van der Waals surface area (Å²) in [5, 5.41) is 3.54. The van der Waals surface area contributed by atoms with E-state index in [-0.39, 0.29) is 12.2 Å². The number of hydrogen-bond donors (Lipinski definition) is 1. The maximum atomic E-state index is 12.4. The fourth-order valence-corrected chi connectivity index (χ4v) is 2.62. The van der Waals surface area contributed by atoms with Crippen molar-refractivity contribution < 1.29 is 4.79 Å². The highest BCUT2D eigenvalue weighted by Crippen LogP contribution is 2.21. The summed E-state index contributed by atoms with van der Waals surface area (Å²) >= 11 is 0. The van der Waals surface area contributed by atoms with Crippen LogP contribution in [-0.2, 0) is 4.79 Å². The summed E-state index contributed by atoms with van der Waals surface area (Å²) in [6.45, 7) is 11.9. The van der Waals surface area contributed by atoms with E-state index in [1.54, 1.807) is 0 Å². The monoisotopic (exact) mass is 254 g/mol. The number of amides is 1. The molecule has 1 saturated heterocycles. The van der Waals surface area contributed by atoms with Gasteiger partial charge in [-0.25, -0.2) is 0 Å². The van der Waals surface area contributed by atoms with E-state index in [1.807, 2.05) is 0 Å². The third kappa shape index (κ3) is 4.27. The van der Waals surface area contributed by atoms with Gasteiger partial charge in [0.1, 0.15) is 0 Å². The van der Waals surface area contributed by atoms with Crippen LogP contribution in [0.15, 0.2) is 0 Å². The van der Waals surface area contributed by atoms with E-state index in [9.17, 15) is 4.79 Å². The zero-order valence-corrected chi connectivity index (χ0v) is 12.7. The van der Waals surface area contributed by atoms with Gasteiger partial charge in [-0.15, -0.1) is 0 Å². The van der Waals surface area contributed by atoms with E-state index in [2.05, 4.69) is 44.8 Å². The van der Waals surface area contributed by atoms with Crippen molar-refractivity contribution in [3.8, 4) is 0 Å². The Balaban J connectivity index is 2.65. The number of hydrogen-bond acceptors (Lipinski definition) is 2. The lowest BCUT2D eigenvalue weighted by Crippen LogP contribution is -2.39. The van der Waals surface area contributed by atoms with E-state index >= 15 is 0 Å². The average molecular weight is 254 g/mol. The number of carbonyl (C=O) groups excluding carboxylic acids is 1. The van der Waals surface area contributed by atoms with Gasteiger partial charge in [0.05, 0.1) is 12.2 Å². The lowest BCUT2D eigenvalue weighted by atomic mass is 10.0. The molecule has 1 aliphatic heterocycles. The lowest BCUT2D eigenvalue weighted by molar-refractivity contribution is -0.130. The molecule has 3 nitrogen and oxygen atoms in total. The topological polar surface area (TPSA) is 32.3 Å². The molecule has 0 aromatic heterocycles. The molecule has 0 saturated carbocycles. The number of nitrogens with zero attached hydrogens (tertiary/aromatic N) is 1. The molecule has 106 valence electrons. The van der Waals surface area contributed by atoms with Crippen LogP contribution in [-0.4, -0.2) is 29.6 Å². The number of rotatable bonds is 7. The Bertz CT molecular complexity index is 263. The molecule has 0 radical (unpaired) electrons. The first-order valence-electron chi connectivity index (χ1n) is 7.52. The third-order valence-electron chi connectivity index (χ3n) is 3.51. The summed E-state index contributed by atoms with van der Waals surface area (Å²) in [7, 11) is 0. The van der Waals surface area contributed by atoms with Gasteiger partial charge in [-0.3, -0.25) is 10.1 Å². The van der Waals surface area contributed by atoms with E-state index in [0.717, 1.165) is 32.2 Å². The number of carbonyl (C=O) groups is 1. The molecule has 2 atom stereocenters. The maximum absolute atomic E-state index is 12.4. The van der Waals surface area contributed by atoms with Crippen molar-refractivity contribution >= 4 is 5.91 Å². The third-order valence-corrected chi connectivity index (χ3v) is 3.51. The second-order valence-corrected chi connectivity index (χ2v) is 6.38. The van der Waals surface area contributed by atoms with Gasteiger partial charge in [-0.1, -0.05) is 41.0 Å². The number of unbranched alkanes of at least 4 members (excludes halogenated alkanes) is 1. The van der Waals surface area contributed by atoms with Crippen molar-refractivity contribution in [1.82, 2.24) is 10.2 Å². The highest BCUT2D eigenvalue weighted by molar-refractivity contribution is 5.84. The van der Waals surface area contributed by atoms with Gasteiger partial charge in [0.15, 0.2) is 0 Å². The van der Waals surface area contributed by atoms with Crippen LogP contribution in [0.4, 0.5) is 0 Å². The quantitative estimate of drug-likeness (QED) is 0.757. The van der Waals surface area contributed by atoms with Crippen LogP contribution < -0.4 is 5.32 Å². The van der Waals surface area contributed by atoms with E-state index in [0.29, 0.717) is 17.7 Å².